The third kappa shape index (κ3) is 4.86. The van der Waals surface area contributed by atoms with E-state index in [1.807, 2.05) is 0 Å². The van der Waals surface area contributed by atoms with Crippen LogP contribution in [0.25, 0.3) is 0 Å². The first-order valence-electron chi connectivity index (χ1n) is 10.2. The van der Waals surface area contributed by atoms with Crippen LogP contribution >= 0.6 is 0 Å². The Labute approximate surface area is 176 Å². The van der Waals surface area contributed by atoms with Crippen LogP contribution in [-0.2, 0) is 25.7 Å². The third-order valence-electron chi connectivity index (χ3n) is 5.94. The lowest BCUT2D eigenvalue weighted by Gasteiger charge is -2.36. The maximum Gasteiger partial charge on any atom is 0.309 e. The zero-order valence-corrected chi connectivity index (χ0v) is 17.7. The van der Waals surface area contributed by atoms with Crippen molar-refractivity contribution in [2.75, 3.05) is 27.9 Å². The van der Waals surface area contributed by atoms with Crippen LogP contribution in [0, 0.1) is 17.8 Å². The van der Waals surface area contributed by atoms with Gasteiger partial charge in [-0.3, -0.25) is 14.4 Å². The van der Waals surface area contributed by atoms with Gasteiger partial charge in [0, 0.05) is 18.4 Å². The first-order valence-corrected chi connectivity index (χ1v) is 10.2. The molecule has 30 heavy (non-hydrogen) atoms. The van der Waals surface area contributed by atoms with E-state index in [2.05, 4.69) is 5.32 Å². The second-order valence-corrected chi connectivity index (χ2v) is 7.81. The highest BCUT2D eigenvalue weighted by Crippen LogP contribution is 2.40. The summed E-state index contributed by atoms with van der Waals surface area (Å²) in [6.45, 7) is -0.127. The third-order valence-corrected chi connectivity index (χ3v) is 5.94. The summed E-state index contributed by atoms with van der Waals surface area (Å²) in [6.07, 6.45) is 3.84. The number of hydrogen-bond donors (Lipinski definition) is 1. The number of carbonyl (C=O) groups excluding carboxylic acids is 3. The summed E-state index contributed by atoms with van der Waals surface area (Å²) in [5, 5.41) is 2.72. The van der Waals surface area contributed by atoms with Gasteiger partial charge in [0.25, 0.3) is 5.91 Å². The molecule has 0 radical (unpaired) electrons. The SMILES string of the molecule is COc1cc(CNC(=O)COC(=O)C2C[C@H]3CCC[C@@H](C2)C3=O)cc(OC)c1OC. The number of hydrogen-bond acceptors (Lipinski definition) is 7. The molecular weight excluding hydrogens is 390 g/mol. The van der Waals surface area contributed by atoms with Gasteiger partial charge in [-0.25, -0.2) is 0 Å². The summed E-state index contributed by atoms with van der Waals surface area (Å²) in [5.41, 5.74) is 0.753. The largest absolute Gasteiger partial charge is 0.493 e. The van der Waals surface area contributed by atoms with Gasteiger partial charge in [-0.05, 0) is 43.4 Å². The Bertz CT molecular complexity index is 766. The van der Waals surface area contributed by atoms with E-state index in [1.165, 1.54) is 21.3 Å². The van der Waals surface area contributed by atoms with Crippen molar-refractivity contribution in [1.29, 1.82) is 0 Å². The average molecular weight is 419 g/mol. The van der Waals surface area contributed by atoms with E-state index in [9.17, 15) is 14.4 Å². The summed E-state index contributed by atoms with van der Waals surface area (Å²) in [4.78, 5) is 36.7. The molecule has 0 saturated heterocycles. The van der Waals surface area contributed by atoms with Crippen LogP contribution in [0.4, 0.5) is 0 Å². The lowest BCUT2D eigenvalue weighted by Crippen LogP contribution is -2.40. The maximum atomic E-state index is 12.4. The van der Waals surface area contributed by atoms with Crippen LogP contribution < -0.4 is 19.5 Å². The number of ether oxygens (including phenoxy) is 4. The summed E-state index contributed by atoms with van der Waals surface area (Å²) in [6, 6.07) is 3.48. The lowest BCUT2D eigenvalue weighted by molar-refractivity contribution is -0.156. The Hall–Kier alpha value is -2.77. The lowest BCUT2D eigenvalue weighted by atomic mass is 9.67. The molecular formula is C22H29NO7. The van der Waals surface area contributed by atoms with E-state index >= 15 is 0 Å². The van der Waals surface area contributed by atoms with Gasteiger partial charge >= 0.3 is 5.97 Å². The predicted octanol–water partition coefficient (Wildman–Crippen LogP) is 2.27. The van der Waals surface area contributed by atoms with Crippen molar-refractivity contribution in [3.63, 3.8) is 0 Å². The van der Waals surface area contributed by atoms with Gasteiger partial charge in [0.2, 0.25) is 5.75 Å². The zero-order valence-electron chi connectivity index (χ0n) is 17.7. The minimum atomic E-state index is -0.399. The van der Waals surface area contributed by atoms with Gasteiger partial charge in [0.1, 0.15) is 5.78 Å². The molecule has 2 bridgehead atoms. The molecule has 0 aliphatic heterocycles. The van der Waals surface area contributed by atoms with Crippen LogP contribution in [0.15, 0.2) is 12.1 Å². The quantitative estimate of drug-likeness (QED) is 0.645. The molecule has 0 heterocycles. The molecule has 2 fully saturated rings. The highest BCUT2D eigenvalue weighted by atomic mass is 16.5. The molecule has 2 saturated carbocycles. The summed E-state index contributed by atoms with van der Waals surface area (Å²) in [7, 11) is 4.56. The minimum absolute atomic E-state index is 0.0242. The van der Waals surface area contributed by atoms with Gasteiger partial charge in [-0.2, -0.15) is 0 Å². The summed E-state index contributed by atoms with van der Waals surface area (Å²) in [5.74, 6) is 0.628. The predicted molar refractivity (Wildman–Crippen MR) is 107 cm³/mol. The molecule has 1 aromatic rings. The second-order valence-electron chi connectivity index (χ2n) is 7.81. The van der Waals surface area contributed by atoms with Crippen molar-refractivity contribution < 1.29 is 33.3 Å². The topological polar surface area (TPSA) is 100 Å². The van der Waals surface area contributed by atoms with Gasteiger partial charge in [0.05, 0.1) is 27.2 Å². The van der Waals surface area contributed by atoms with Crippen molar-refractivity contribution in [1.82, 2.24) is 5.32 Å². The van der Waals surface area contributed by atoms with Crippen molar-refractivity contribution in [2.45, 2.75) is 38.6 Å². The molecule has 8 heteroatoms. The number of benzene rings is 1. The normalized spacial score (nSPS) is 22.8. The Kier molecular flexibility index (Phi) is 7.18. The molecule has 1 unspecified atom stereocenters. The number of amides is 1. The highest BCUT2D eigenvalue weighted by molar-refractivity contribution is 5.88. The fourth-order valence-electron chi connectivity index (χ4n) is 4.42. The van der Waals surface area contributed by atoms with Gasteiger partial charge < -0.3 is 24.3 Å². The number of Topliss-reactive ketones (excluding diaryl/α,β-unsaturated/α-hetero) is 1. The van der Waals surface area contributed by atoms with E-state index in [4.69, 9.17) is 18.9 Å². The minimum Gasteiger partial charge on any atom is -0.493 e. The van der Waals surface area contributed by atoms with Crippen molar-refractivity contribution >= 4 is 17.7 Å². The highest BCUT2D eigenvalue weighted by Gasteiger charge is 2.41. The van der Waals surface area contributed by atoms with Crippen molar-refractivity contribution in [2.24, 2.45) is 17.8 Å². The second kappa shape index (κ2) is 9.82. The average Bonchev–Trinajstić information content (AvgIpc) is 2.74. The number of ketones is 1. The monoisotopic (exact) mass is 419 g/mol. The smallest absolute Gasteiger partial charge is 0.309 e. The van der Waals surface area contributed by atoms with E-state index in [-0.39, 0.29) is 36.9 Å². The van der Waals surface area contributed by atoms with Crippen LogP contribution in [0.3, 0.4) is 0 Å². The Morgan fingerprint density at radius 3 is 2.13 bits per heavy atom. The number of methoxy groups -OCH3 is 3. The number of fused-ring (bicyclic) bond motifs is 2. The number of carbonyl (C=O) groups is 3. The molecule has 2 aliphatic carbocycles. The maximum absolute atomic E-state index is 12.4. The van der Waals surface area contributed by atoms with Gasteiger partial charge in [-0.15, -0.1) is 0 Å². The Morgan fingerprint density at radius 2 is 1.60 bits per heavy atom. The Morgan fingerprint density at radius 1 is 1.00 bits per heavy atom. The molecule has 1 aromatic carbocycles. The Balaban J connectivity index is 1.49. The molecule has 0 aromatic heterocycles. The van der Waals surface area contributed by atoms with E-state index < -0.39 is 5.91 Å². The molecule has 3 rings (SSSR count). The molecule has 8 nitrogen and oxygen atoms in total. The van der Waals surface area contributed by atoms with Gasteiger partial charge in [0.15, 0.2) is 18.1 Å². The number of esters is 1. The van der Waals surface area contributed by atoms with E-state index in [1.54, 1.807) is 12.1 Å². The van der Waals surface area contributed by atoms with Crippen molar-refractivity contribution in [3.05, 3.63) is 17.7 Å². The zero-order chi connectivity index (χ0) is 21.7. The number of rotatable bonds is 8. The van der Waals surface area contributed by atoms with Crippen LogP contribution in [-0.4, -0.2) is 45.6 Å². The molecule has 1 amide bonds. The van der Waals surface area contributed by atoms with Crippen LogP contribution in [0.2, 0.25) is 0 Å². The summed E-state index contributed by atoms with van der Waals surface area (Å²) >= 11 is 0. The fourth-order valence-corrected chi connectivity index (χ4v) is 4.42. The molecule has 164 valence electrons. The fraction of sp³-hybridized carbons (Fsp3) is 0.591. The van der Waals surface area contributed by atoms with Crippen molar-refractivity contribution in [3.8, 4) is 17.2 Å². The van der Waals surface area contributed by atoms with Gasteiger partial charge in [-0.1, -0.05) is 6.42 Å². The molecule has 1 N–H and O–H groups in total. The van der Waals surface area contributed by atoms with E-state index in [0.717, 1.165) is 24.8 Å². The standard InChI is InChI=1S/C22H29NO7/c1-27-17-7-13(8-18(28-2)21(17)29-3)11-23-19(24)12-30-22(26)16-9-14-5-4-6-15(10-16)20(14)25/h7-8,14-16H,4-6,9-12H2,1-3H3,(H,23,24)/t14-,15+,16?. The molecule has 3 atom stereocenters. The first kappa shape index (κ1) is 21.9. The van der Waals surface area contributed by atoms with E-state index in [0.29, 0.717) is 35.9 Å². The van der Waals surface area contributed by atoms with Crippen LogP contribution in [0.1, 0.15) is 37.7 Å². The summed E-state index contributed by atoms with van der Waals surface area (Å²) < 4.78 is 21.1. The molecule has 2 aliphatic rings. The number of nitrogens with one attached hydrogen (secondary N) is 1. The molecule has 0 spiro atoms. The van der Waals surface area contributed by atoms with Crippen LogP contribution in [0.5, 0.6) is 17.2 Å². The first-order chi connectivity index (χ1) is 14.5.